The molecule has 0 aromatic heterocycles. The van der Waals surface area contributed by atoms with Gasteiger partial charge in [0.1, 0.15) is 35.7 Å². The molecule has 0 saturated carbocycles. The number of nitrogens with zero attached hydrogens (tertiary/aromatic N) is 1. The third-order valence-corrected chi connectivity index (χ3v) is 8.13. The van der Waals surface area contributed by atoms with Crippen LogP contribution >= 0.6 is 0 Å². The van der Waals surface area contributed by atoms with Crippen LogP contribution in [-0.2, 0) is 19.1 Å². The van der Waals surface area contributed by atoms with E-state index in [4.69, 9.17) is 9.47 Å². The molecule has 2 aliphatic rings. The molecule has 2 heterocycles. The number of carbonyl (C=O) groups is 2. The summed E-state index contributed by atoms with van der Waals surface area (Å²) in [6.45, 7) is 3.48. The number of likely N-dealkylation sites (N-methyl/N-ethyl adjacent to an activating group) is 1. The van der Waals surface area contributed by atoms with Crippen LogP contribution in [0.5, 0.6) is 0 Å². The highest BCUT2D eigenvalue weighted by Gasteiger charge is 2.44. The molecule has 0 aromatic carbocycles. The van der Waals surface area contributed by atoms with Crippen LogP contribution in [0.1, 0.15) is 97.3 Å². The number of aliphatic hydroxyl groups is 5. The van der Waals surface area contributed by atoms with Crippen molar-refractivity contribution >= 4 is 11.7 Å². The Morgan fingerprint density at radius 2 is 1.38 bits per heavy atom. The van der Waals surface area contributed by atoms with E-state index in [1.165, 1.54) is 37.0 Å². The fraction of sp³-hybridized carbons (Fsp3) is 0.862. The van der Waals surface area contributed by atoms with Crippen molar-refractivity contribution in [3.8, 4) is 0 Å². The zero-order chi connectivity index (χ0) is 28.9. The Kier molecular flexibility index (Phi) is 14.9. The lowest BCUT2D eigenvalue weighted by atomic mass is 9.95. The molecule has 7 unspecified atom stereocenters. The molecule has 0 spiro atoms. The van der Waals surface area contributed by atoms with E-state index in [0.29, 0.717) is 6.61 Å². The molecule has 1 amide bonds. The van der Waals surface area contributed by atoms with Crippen molar-refractivity contribution in [3.05, 3.63) is 11.3 Å². The Morgan fingerprint density at radius 3 is 1.87 bits per heavy atom. The topological polar surface area (TPSA) is 157 Å². The van der Waals surface area contributed by atoms with Gasteiger partial charge < -0.3 is 39.9 Å². The molecule has 2 aliphatic heterocycles. The summed E-state index contributed by atoms with van der Waals surface area (Å²) in [5.41, 5.74) is -0.0288. The third-order valence-electron chi connectivity index (χ3n) is 8.13. The second-order valence-electron chi connectivity index (χ2n) is 11.2. The number of ether oxygens (including phenoxy) is 2. The minimum absolute atomic E-state index is 0.0288. The molecule has 2 saturated heterocycles. The molecule has 0 aliphatic carbocycles. The summed E-state index contributed by atoms with van der Waals surface area (Å²) in [5, 5.41) is 49.2. The molecule has 0 bridgehead atoms. The number of hydrogen-bond acceptors (Lipinski definition) is 9. The largest absolute Gasteiger partial charge is 0.511 e. The Labute approximate surface area is 233 Å². The van der Waals surface area contributed by atoms with Crippen LogP contribution in [0.4, 0.5) is 0 Å². The molecule has 2 rings (SSSR count). The van der Waals surface area contributed by atoms with Crippen molar-refractivity contribution in [1.82, 2.24) is 4.90 Å². The highest BCUT2D eigenvalue weighted by molar-refractivity contribution is 6.26. The van der Waals surface area contributed by atoms with Crippen LogP contribution in [0.25, 0.3) is 0 Å². The lowest BCUT2D eigenvalue weighted by Gasteiger charge is -2.39. The van der Waals surface area contributed by atoms with Gasteiger partial charge in [-0.2, -0.15) is 0 Å². The van der Waals surface area contributed by atoms with Crippen molar-refractivity contribution in [2.24, 2.45) is 5.92 Å². The van der Waals surface area contributed by atoms with Gasteiger partial charge in [-0.3, -0.25) is 9.59 Å². The quantitative estimate of drug-likeness (QED) is 0.0740. The van der Waals surface area contributed by atoms with Gasteiger partial charge in [0, 0.05) is 19.6 Å². The average molecular weight is 558 g/mol. The summed E-state index contributed by atoms with van der Waals surface area (Å²) in [6.07, 6.45) is 7.97. The Morgan fingerprint density at radius 1 is 0.872 bits per heavy atom. The van der Waals surface area contributed by atoms with E-state index in [1.54, 1.807) is 14.0 Å². The fourth-order valence-electron chi connectivity index (χ4n) is 5.19. The highest BCUT2D eigenvalue weighted by Crippen LogP contribution is 2.27. The first kappa shape index (κ1) is 33.6. The number of amides is 1. The summed E-state index contributed by atoms with van der Waals surface area (Å²) < 4.78 is 10.8. The summed E-state index contributed by atoms with van der Waals surface area (Å²) in [4.78, 5) is 25.9. The monoisotopic (exact) mass is 557 g/mol. The normalized spacial score (nSPS) is 29.8. The first-order chi connectivity index (χ1) is 18.6. The first-order valence-corrected chi connectivity index (χ1v) is 14.8. The molecule has 10 heteroatoms. The molecule has 226 valence electrons. The van der Waals surface area contributed by atoms with Crippen molar-refractivity contribution < 1.29 is 44.6 Å². The van der Waals surface area contributed by atoms with E-state index >= 15 is 0 Å². The number of unbranched alkanes of at least 4 members (excludes halogenated alkanes) is 11. The van der Waals surface area contributed by atoms with E-state index in [1.807, 2.05) is 6.92 Å². The third kappa shape index (κ3) is 9.79. The number of aliphatic hydroxyl groups excluding tert-OH is 5. The molecule has 7 atom stereocenters. The van der Waals surface area contributed by atoms with E-state index in [2.05, 4.69) is 0 Å². The Balaban J connectivity index is 1.41. The number of ketones is 1. The Hall–Kier alpha value is -1.56. The predicted molar refractivity (Wildman–Crippen MR) is 146 cm³/mol. The second kappa shape index (κ2) is 17.3. The Bertz CT molecular complexity index is 765. The van der Waals surface area contributed by atoms with Gasteiger partial charge in [-0.25, -0.2) is 0 Å². The molecule has 10 nitrogen and oxygen atoms in total. The summed E-state index contributed by atoms with van der Waals surface area (Å²) in [5.74, 6) is -0.904. The maximum Gasteiger partial charge on any atom is 0.261 e. The minimum atomic E-state index is -1.41. The molecule has 2 fully saturated rings. The fourth-order valence-corrected chi connectivity index (χ4v) is 5.19. The molecular weight excluding hydrogens is 506 g/mol. The van der Waals surface area contributed by atoms with Gasteiger partial charge in [0.25, 0.3) is 5.91 Å². The second-order valence-corrected chi connectivity index (χ2v) is 11.2. The summed E-state index contributed by atoms with van der Waals surface area (Å²) in [6, 6.07) is -0.505. The van der Waals surface area contributed by atoms with Gasteiger partial charge in [-0.05, 0) is 19.8 Å². The van der Waals surface area contributed by atoms with E-state index < -0.39 is 43.4 Å². The van der Waals surface area contributed by atoms with Gasteiger partial charge in [0.2, 0.25) is 0 Å². The predicted octanol–water partition coefficient (Wildman–Crippen LogP) is 2.75. The van der Waals surface area contributed by atoms with Gasteiger partial charge in [0.05, 0.1) is 12.6 Å². The zero-order valence-electron chi connectivity index (χ0n) is 24.0. The number of rotatable bonds is 18. The van der Waals surface area contributed by atoms with Crippen molar-refractivity contribution in [1.29, 1.82) is 0 Å². The van der Waals surface area contributed by atoms with Crippen molar-refractivity contribution in [3.63, 3.8) is 0 Å². The maximum atomic E-state index is 12.3. The minimum Gasteiger partial charge on any atom is -0.511 e. The first-order valence-electron chi connectivity index (χ1n) is 14.8. The number of Topliss-reactive ketones (excluding diaryl/α,β-unsaturated/α-hetero) is 1. The standard InChI is InChI=1S/C29H51NO9/c1-19(23(32)22-24(33)20(2)30(3)28(22)37)16-14-12-10-8-6-4-5-7-9-11-13-15-17-38-29-27(36)26(35)25(34)21(18-31)39-29/h19-21,25-27,29,31-32,34-36H,4-18H2,1-3H3/b23-22-. The lowest BCUT2D eigenvalue weighted by molar-refractivity contribution is -0.301. The van der Waals surface area contributed by atoms with Gasteiger partial charge >= 0.3 is 0 Å². The van der Waals surface area contributed by atoms with E-state index in [0.717, 1.165) is 51.4 Å². The highest BCUT2D eigenvalue weighted by atomic mass is 16.7. The number of allylic oxidation sites excluding steroid dienone is 1. The number of carbonyl (C=O) groups excluding carboxylic acids is 2. The summed E-state index contributed by atoms with van der Waals surface area (Å²) in [7, 11) is 1.59. The average Bonchev–Trinajstić information content (AvgIpc) is 3.12. The molecule has 5 N–H and O–H groups in total. The van der Waals surface area contributed by atoms with E-state index in [-0.39, 0.29) is 28.9 Å². The number of hydrogen-bond donors (Lipinski definition) is 5. The lowest BCUT2D eigenvalue weighted by Crippen LogP contribution is -2.59. The SMILES string of the molecule is CC(CCCCCCCCCCCCCCOC1OC(CO)C(O)C(O)C1O)/C(O)=C1\C(=O)C(C)N(C)C1=O. The van der Waals surface area contributed by atoms with Crippen molar-refractivity contribution in [2.45, 2.75) is 134 Å². The van der Waals surface area contributed by atoms with Crippen LogP contribution in [0.15, 0.2) is 11.3 Å². The van der Waals surface area contributed by atoms with E-state index in [9.17, 15) is 35.1 Å². The van der Waals surface area contributed by atoms with Crippen LogP contribution < -0.4 is 0 Å². The molecule has 39 heavy (non-hydrogen) atoms. The molecule has 0 radical (unpaired) electrons. The number of likely N-dealkylation sites (tertiary alicyclic amines) is 1. The van der Waals surface area contributed by atoms with Crippen LogP contribution in [0.2, 0.25) is 0 Å². The van der Waals surface area contributed by atoms with Crippen LogP contribution in [-0.4, -0.2) is 99.1 Å². The van der Waals surface area contributed by atoms with Gasteiger partial charge in [-0.15, -0.1) is 0 Å². The smallest absolute Gasteiger partial charge is 0.261 e. The van der Waals surface area contributed by atoms with Crippen LogP contribution in [0.3, 0.4) is 0 Å². The van der Waals surface area contributed by atoms with Crippen molar-refractivity contribution in [2.75, 3.05) is 20.3 Å². The molecular formula is C29H51NO9. The van der Waals surface area contributed by atoms with Gasteiger partial charge in [0.15, 0.2) is 12.1 Å². The molecule has 0 aromatic rings. The van der Waals surface area contributed by atoms with Gasteiger partial charge in [-0.1, -0.05) is 77.6 Å². The maximum absolute atomic E-state index is 12.3. The van der Waals surface area contributed by atoms with Crippen LogP contribution in [0, 0.1) is 5.92 Å². The summed E-state index contributed by atoms with van der Waals surface area (Å²) >= 11 is 0. The zero-order valence-corrected chi connectivity index (χ0v) is 24.0.